The van der Waals surface area contributed by atoms with E-state index in [-0.39, 0.29) is 30.2 Å². The maximum Gasteiger partial charge on any atom is 0.312 e. The zero-order valence-corrected chi connectivity index (χ0v) is 18.5. The van der Waals surface area contributed by atoms with Crippen LogP contribution in [0.25, 0.3) is 0 Å². The Labute approximate surface area is 187 Å². The molecule has 3 rings (SSSR count). The number of halogens is 2. The second-order valence-electron chi connectivity index (χ2n) is 8.12. The van der Waals surface area contributed by atoms with Gasteiger partial charge in [0.15, 0.2) is 0 Å². The Bertz CT molecular complexity index is 907. The van der Waals surface area contributed by atoms with Gasteiger partial charge in [0.05, 0.1) is 12.5 Å². The highest BCUT2D eigenvalue weighted by molar-refractivity contribution is 6.30. The molecule has 3 N–H and O–H groups in total. The minimum absolute atomic E-state index is 0.00333. The Morgan fingerprint density at radius 2 is 1.74 bits per heavy atom. The molecule has 3 amide bonds. The third-order valence-corrected chi connectivity index (χ3v) is 5.95. The molecule has 0 bridgehead atoms. The van der Waals surface area contributed by atoms with Crippen molar-refractivity contribution in [3.05, 3.63) is 70.5 Å². The molecule has 1 heterocycles. The number of urea groups is 1. The highest BCUT2D eigenvalue weighted by Gasteiger charge is 2.33. The van der Waals surface area contributed by atoms with Gasteiger partial charge in [0, 0.05) is 36.7 Å². The lowest BCUT2D eigenvalue weighted by atomic mass is 10.0. The molecule has 8 heteroatoms. The summed E-state index contributed by atoms with van der Waals surface area (Å²) in [6.07, 6.45) is 0.111. The van der Waals surface area contributed by atoms with Gasteiger partial charge in [-0.1, -0.05) is 35.9 Å². The van der Waals surface area contributed by atoms with Gasteiger partial charge < -0.3 is 16.0 Å². The molecule has 6 nitrogen and oxygen atoms in total. The molecule has 2 aromatic rings. The van der Waals surface area contributed by atoms with Gasteiger partial charge in [-0.3, -0.25) is 9.69 Å². The fourth-order valence-corrected chi connectivity index (χ4v) is 4.13. The van der Waals surface area contributed by atoms with Crippen LogP contribution in [0, 0.1) is 5.82 Å². The number of nitrogens with zero attached hydrogens (tertiary/aromatic N) is 2. The summed E-state index contributed by atoms with van der Waals surface area (Å²) in [5.41, 5.74) is 7.14. The van der Waals surface area contributed by atoms with Gasteiger partial charge in [-0.25, -0.2) is 9.18 Å². The predicted octanol–water partition coefficient (Wildman–Crippen LogP) is 3.70. The van der Waals surface area contributed by atoms with Crippen molar-refractivity contribution in [2.75, 3.05) is 13.1 Å². The van der Waals surface area contributed by atoms with Crippen molar-refractivity contribution >= 4 is 23.5 Å². The van der Waals surface area contributed by atoms with Crippen molar-refractivity contribution in [3.63, 3.8) is 0 Å². The van der Waals surface area contributed by atoms with Crippen molar-refractivity contribution in [1.82, 2.24) is 15.1 Å². The highest BCUT2D eigenvalue weighted by Crippen LogP contribution is 2.24. The fraction of sp³-hybridized carbons (Fsp3) is 0.391. The number of carbonyl (C=O) groups excluding carboxylic acids is 2. The zero-order chi connectivity index (χ0) is 22.5. The van der Waals surface area contributed by atoms with Crippen LogP contribution in [0.15, 0.2) is 48.5 Å². The molecule has 1 saturated heterocycles. The van der Waals surface area contributed by atoms with E-state index in [9.17, 15) is 14.0 Å². The zero-order valence-electron chi connectivity index (χ0n) is 17.7. The second kappa shape index (κ2) is 10.1. The number of carbonyl (C=O) groups is 2. The van der Waals surface area contributed by atoms with E-state index in [4.69, 9.17) is 17.3 Å². The molecular formula is C23H28ClFN4O2. The average Bonchev–Trinajstić information content (AvgIpc) is 2.71. The Morgan fingerprint density at radius 3 is 2.35 bits per heavy atom. The van der Waals surface area contributed by atoms with Gasteiger partial charge in [0.1, 0.15) is 5.82 Å². The third kappa shape index (κ3) is 6.18. The van der Waals surface area contributed by atoms with Crippen molar-refractivity contribution in [2.45, 2.75) is 44.9 Å². The van der Waals surface area contributed by atoms with Crippen LogP contribution < -0.4 is 11.1 Å². The number of piperazine rings is 1. The SMILES string of the molecule is CC1CN(C(=O)CC(NC(N)=O)c2ccc(Cl)cc2)C(C)CN1Cc1ccc(F)cc1. The molecule has 3 unspecified atom stereocenters. The first-order valence-electron chi connectivity index (χ1n) is 10.3. The van der Waals surface area contributed by atoms with Crippen LogP contribution in [-0.2, 0) is 11.3 Å². The Kier molecular flexibility index (Phi) is 7.51. The minimum atomic E-state index is -0.682. The molecule has 166 valence electrons. The van der Waals surface area contributed by atoms with Gasteiger partial charge in [0.25, 0.3) is 0 Å². The largest absolute Gasteiger partial charge is 0.352 e. The summed E-state index contributed by atoms with van der Waals surface area (Å²) in [7, 11) is 0. The smallest absolute Gasteiger partial charge is 0.312 e. The van der Waals surface area contributed by atoms with E-state index in [0.29, 0.717) is 24.7 Å². The molecule has 0 saturated carbocycles. The van der Waals surface area contributed by atoms with E-state index in [2.05, 4.69) is 17.1 Å². The maximum atomic E-state index is 13.2. The molecule has 31 heavy (non-hydrogen) atoms. The summed E-state index contributed by atoms with van der Waals surface area (Å²) in [4.78, 5) is 28.8. The molecule has 0 aliphatic carbocycles. The highest BCUT2D eigenvalue weighted by atomic mass is 35.5. The predicted molar refractivity (Wildman–Crippen MR) is 119 cm³/mol. The Balaban J connectivity index is 1.66. The molecule has 0 radical (unpaired) electrons. The first kappa shape index (κ1) is 23.0. The number of primary amides is 1. The molecule has 0 aromatic heterocycles. The number of hydrogen-bond donors (Lipinski definition) is 2. The summed E-state index contributed by atoms with van der Waals surface area (Å²) in [6, 6.07) is 12.4. The quantitative estimate of drug-likeness (QED) is 0.710. The fourth-order valence-electron chi connectivity index (χ4n) is 4.00. The summed E-state index contributed by atoms with van der Waals surface area (Å²) < 4.78 is 13.2. The number of hydrogen-bond acceptors (Lipinski definition) is 3. The second-order valence-corrected chi connectivity index (χ2v) is 8.55. The molecule has 1 aliphatic heterocycles. The number of benzene rings is 2. The van der Waals surface area contributed by atoms with Gasteiger partial charge in [-0.05, 0) is 49.2 Å². The number of nitrogens with two attached hydrogens (primary N) is 1. The molecule has 2 aromatic carbocycles. The van der Waals surface area contributed by atoms with Crippen molar-refractivity contribution in [2.24, 2.45) is 5.73 Å². The summed E-state index contributed by atoms with van der Waals surface area (Å²) in [6.45, 7) is 6.07. The Morgan fingerprint density at radius 1 is 1.10 bits per heavy atom. The van der Waals surface area contributed by atoms with Crippen LogP contribution >= 0.6 is 11.6 Å². The molecule has 1 fully saturated rings. The van der Waals surface area contributed by atoms with E-state index in [1.807, 2.05) is 11.8 Å². The van der Waals surface area contributed by atoms with Crippen LogP contribution in [0.5, 0.6) is 0 Å². The summed E-state index contributed by atoms with van der Waals surface area (Å²) in [5.74, 6) is -0.296. The monoisotopic (exact) mass is 446 g/mol. The molecule has 3 atom stereocenters. The van der Waals surface area contributed by atoms with Crippen LogP contribution in [0.3, 0.4) is 0 Å². The van der Waals surface area contributed by atoms with Gasteiger partial charge in [0.2, 0.25) is 5.91 Å². The van der Waals surface area contributed by atoms with E-state index >= 15 is 0 Å². The van der Waals surface area contributed by atoms with Crippen molar-refractivity contribution in [3.8, 4) is 0 Å². The van der Waals surface area contributed by atoms with Gasteiger partial charge >= 0.3 is 6.03 Å². The standard InChI is InChI=1S/C23H28ClFN4O2/c1-15-13-29(16(2)12-28(15)14-17-3-9-20(25)10-4-17)22(30)11-21(27-23(26)31)18-5-7-19(24)8-6-18/h3-10,15-16,21H,11-14H2,1-2H3,(H3,26,27,31). The van der Waals surface area contributed by atoms with E-state index in [0.717, 1.165) is 11.1 Å². The maximum absolute atomic E-state index is 13.2. The molecule has 0 spiro atoms. The normalized spacial score (nSPS) is 20.3. The first-order chi connectivity index (χ1) is 14.7. The minimum Gasteiger partial charge on any atom is -0.352 e. The number of amides is 3. The lowest BCUT2D eigenvalue weighted by Crippen LogP contribution is -2.58. The lowest BCUT2D eigenvalue weighted by molar-refractivity contribution is -0.137. The molecule has 1 aliphatic rings. The van der Waals surface area contributed by atoms with Crippen molar-refractivity contribution in [1.29, 1.82) is 0 Å². The van der Waals surface area contributed by atoms with Crippen LogP contribution in [0.2, 0.25) is 5.02 Å². The summed E-state index contributed by atoms with van der Waals surface area (Å²) >= 11 is 5.95. The molecular weight excluding hydrogens is 419 g/mol. The lowest BCUT2D eigenvalue weighted by Gasteiger charge is -2.44. The number of rotatable bonds is 6. The van der Waals surface area contributed by atoms with Crippen LogP contribution in [0.4, 0.5) is 9.18 Å². The van der Waals surface area contributed by atoms with Gasteiger partial charge in [-0.2, -0.15) is 0 Å². The summed E-state index contributed by atoms with van der Waals surface area (Å²) in [5, 5.41) is 3.24. The van der Waals surface area contributed by atoms with Crippen LogP contribution in [0.1, 0.15) is 37.4 Å². The third-order valence-electron chi connectivity index (χ3n) is 5.70. The topological polar surface area (TPSA) is 78.7 Å². The van der Waals surface area contributed by atoms with Crippen LogP contribution in [-0.4, -0.2) is 46.9 Å². The average molecular weight is 447 g/mol. The van der Waals surface area contributed by atoms with Crippen molar-refractivity contribution < 1.29 is 14.0 Å². The first-order valence-corrected chi connectivity index (χ1v) is 10.7. The Hall–Kier alpha value is -2.64. The van der Waals surface area contributed by atoms with E-state index in [1.54, 1.807) is 36.4 Å². The van der Waals surface area contributed by atoms with E-state index in [1.165, 1.54) is 12.1 Å². The van der Waals surface area contributed by atoms with E-state index < -0.39 is 12.1 Å². The van der Waals surface area contributed by atoms with Gasteiger partial charge in [-0.15, -0.1) is 0 Å². The number of nitrogens with one attached hydrogen (secondary N) is 1.